The maximum Gasteiger partial charge on any atom is 0.161 e. The van der Waals surface area contributed by atoms with Crippen LogP contribution >= 0.6 is 0 Å². The third-order valence-electron chi connectivity index (χ3n) is 3.44. The Morgan fingerprint density at radius 2 is 1.86 bits per heavy atom. The van der Waals surface area contributed by atoms with Crippen LogP contribution in [0.1, 0.15) is 11.1 Å². The SMILES string of the molecule is COc1ccc(C)cc1NCc1ccc2c(c1)OCCO2. The summed E-state index contributed by atoms with van der Waals surface area (Å²) in [4.78, 5) is 0. The molecule has 0 aromatic heterocycles. The Bertz CT molecular complexity index is 640. The highest BCUT2D eigenvalue weighted by Gasteiger charge is 2.11. The molecule has 4 nitrogen and oxygen atoms in total. The lowest BCUT2D eigenvalue weighted by Gasteiger charge is -2.19. The number of ether oxygens (including phenoxy) is 3. The molecule has 0 saturated heterocycles. The minimum Gasteiger partial charge on any atom is -0.495 e. The van der Waals surface area contributed by atoms with E-state index in [2.05, 4.69) is 18.3 Å². The summed E-state index contributed by atoms with van der Waals surface area (Å²) < 4.78 is 16.5. The molecule has 0 fully saturated rings. The van der Waals surface area contributed by atoms with Gasteiger partial charge in [-0.1, -0.05) is 12.1 Å². The van der Waals surface area contributed by atoms with Gasteiger partial charge in [-0.05, 0) is 42.3 Å². The zero-order chi connectivity index (χ0) is 14.7. The van der Waals surface area contributed by atoms with Crippen LogP contribution in [0.3, 0.4) is 0 Å². The molecule has 2 aromatic carbocycles. The molecule has 0 bridgehead atoms. The summed E-state index contributed by atoms with van der Waals surface area (Å²) in [5, 5.41) is 3.41. The van der Waals surface area contributed by atoms with Crippen LogP contribution in [0.2, 0.25) is 0 Å². The van der Waals surface area contributed by atoms with E-state index in [1.54, 1.807) is 7.11 Å². The van der Waals surface area contributed by atoms with E-state index in [0.29, 0.717) is 19.8 Å². The van der Waals surface area contributed by atoms with Crippen molar-refractivity contribution in [2.75, 3.05) is 25.6 Å². The molecule has 21 heavy (non-hydrogen) atoms. The average molecular weight is 285 g/mol. The molecule has 0 saturated carbocycles. The maximum absolute atomic E-state index is 5.60. The van der Waals surface area contributed by atoms with Crippen molar-refractivity contribution in [3.63, 3.8) is 0 Å². The number of hydrogen-bond acceptors (Lipinski definition) is 4. The second-order valence-electron chi connectivity index (χ2n) is 5.04. The molecular formula is C17H19NO3. The second-order valence-corrected chi connectivity index (χ2v) is 5.04. The largest absolute Gasteiger partial charge is 0.495 e. The van der Waals surface area contributed by atoms with Gasteiger partial charge in [0.15, 0.2) is 11.5 Å². The van der Waals surface area contributed by atoms with Crippen LogP contribution < -0.4 is 19.5 Å². The predicted octanol–water partition coefficient (Wildman–Crippen LogP) is 3.39. The monoisotopic (exact) mass is 285 g/mol. The van der Waals surface area contributed by atoms with E-state index in [0.717, 1.165) is 28.5 Å². The van der Waals surface area contributed by atoms with E-state index in [-0.39, 0.29) is 0 Å². The van der Waals surface area contributed by atoms with Gasteiger partial charge in [0.25, 0.3) is 0 Å². The smallest absolute Gasteiger partial charge is 0.161 e. The predicted molar refractivity (Wildman–Crippen MR) is 82.5 cm³/mol. The van der Waals surface area contributed by atoms with E-state index in [9.17, 15) is 0 Å². The van der Waals surface area contributed by atoms with Crippen molar-refractivity contribution in [3.05, 3.63) is 47.5 Å². The van der Waals surface area contributed by atoms with Gasteiger partial charge in [0.05, 0.1) is 12.8 Å². The Morgan fingerprint density at radius 1 is 1.05 bits per heavy atom. The minimum absolute atomic E-state index is 0.607. The molecule has 3 rings (SSSR count). The van der Waals surface area contributed by atoms with E-state index in [1.807, 2.05) is 30.3 Å². The third kappa shape index (κ3) is 3.05. The Hall–Kier alpha value is -2.36. The molecular weight excluding hydrogens is 266 g/mol. The number of methoxy groups -OCH3 is 1. The fourth-order valence-electron chi connectivity index (χ4n) is 2.35. The normalized spacial score (nSPS) is 12.9. The van der Waals surface area contributed by atoms with Crippen LogP contribution in [0.15, 0.2) is 36.4 Å². The second kappa shape index (κ2) is 5.95. The molecule has 0 atom stereocenters. The zero-order valence-electron chi connectivity index (χ0n) is 12.3. The van der Waals surface area contributed by atoms with Gasteiger partial charge in [-0.25, -0.2) is 0 Å². The lowest BCUT2D eigenvalue weighted by Crippen LogP contribution is -2.15. The lowest BCUT2D eigenvalue weighted by molar-refractivity contribution is 0.171. The molecule has 1 N–H and O–H groups in total. The van der Waals surface area contributed by atoms with E-state index >= 15 is 0 Å². The fraction of sp³-hybridized carbons (Fsp3) is 0.294. The van der Waals surface area contributed by atoms with Crippen molar-refractivity contribution < 1.29 is 14.2 Å². The fourth-order valence-corrected chi connectivity index (χ4v) is 2.35. The van der Waals surface area contributed by atoms with Crippen molar-refractivity contribution in [1.82, 2.24) is 0 Å². The summed E-state index contributed by atoms with van der Waals surface area (Å²) in [6.45, 7) is 3.99. The number of nitrogens with one attached hydrogen (secondary N) is 1. The Kier molecular flexibility index (Phi) is 3.86. The molecule has 1 aliphatic heterocycles. The van der Waals surface area contributed by atoms with Gasteiger partial charge in [-0.3, -0.25) is 0 Å². The standard InChI is InChI=1S/C17H19NO3/c1-12-3-5-15(19-2)14(9-12)18-11-13-4-6-16-17(10-13)21-8-7-20-16/h3-6,9-10,18H,7-8,11H2,1-2H3. The topological polar surface area (TPSA) is 39.7 Å². The van der Waals surface area contributed by atoms with Gasteiger partial charge in [0.2, 0.25) is 0 Å². The highest BCUT2D eigenvalue weighted by atomic mass is 16.6. The first-order valence-corrected chi connectivity index (χ1v) is 7.03. The number of hydrogen-bond donors (Lipinski definition) is 1. The lowest BCUT2D eigenvalue weighted by atomic mass is 10.1. The molecule has 0 unspecified atom stereocenters. The van der Waals surface area contributed by atoms with E-state index < -0.39 is 0 Å². The number of anilines is 1. The first kappa shape index (κ1) is 13.6. The summed E-state index contributed by atoms with van der Waals surface area (Å²) in [7, 11) is 1.68. The van der Waals surface area contributed by atoms with Crippen LogP contribution in [-0.4, -0.2) is 20.3 Å². The summed E-state index contributed by atoms with van der Waals surface area (Å²) in [6.07, 6.45) is 0. The van der Waals surface area contributed by atoms with Gasteiger partial charge in [0.1, 0.15) is 19.0 Å². The van der Waals surface area contributed by atoms with Gasteiger partial charge in [-0.2, -0.15) is 0 Å². The minimum atomic E-state index is 0.607. The molecule has 2 aromatic rings. The molecule has 4 heteroatoms. The van der Waals surface area contributed by atoms with E-state index in [1.165, 1.54) is 5.56 Å². The van der Waals surface area contributed by atoms with Gasteiger partial charge in [-0.15, -0.1) is 0 Å². The van der Waals surface area contributed by atoms with Crippen LogP contribution in [0.4, 0.5) is 5.69 Å². The highest BCUT2D eigenvalue weighted by molar-refractivity contribution is 5.58. The van der Waals surface area contributed by atoms with Crippen LogP contribution in [0.25, 0.3) is 0 Å². The Morgan fingerprint density at radius 3 is 2.67 bits per heavy atom. The van der Waals surface area contributed by atoms with Gasteiger partial charge in [0, 0.05) is 6.54 Å². The van der Waals surface area contributed by atoms with Crippen molar-refractivity contribution in [2.45, 2.75) is 13.5 Å². The van der Waals surface area contributed by atoms with Crippen LogP contribution in [0, 0.1) is 6.92 Å². The maximum atomic E-state index is 5.60. The van der Waals surface area contributed by atoms with Crippen molar-refractivity contribution in [3.8, 4) is 17.2 Å². The average Bonchev–Trinajstić information content (AvgIpc) is 2.53. The van der Waals surface area contributed by atoms with Crippen molar-refractivity contribution >= 4 is 5.69 Å². The highest BCUT2D eigenvalue weighted by Crippen LogP contribution is 2.31. The van der Waals surface area contributed by atoms with Crippen molar-refractivity contribution in [1.29, 1.82) is 0 Å². The number of benzene rings is 2. The van der Waals surface area contributed by atoms with Gasteiger partial charge >= 0.3 is 0 Å². The molecule has 110 valence electrons. The van der Waals surface area contributed by atoms with Gasteiger partial charge < -0.3 is 19.5 Å². The molecule has 1 aliphatic rings. The number of rotatable bonds is 4. The van der Waals surface area contributed by atoms with Crippen LogP contribution in [0.5, 0.6) is 17.2 Å². The summed E-state index contributed by atoms with van der Waals surface area (Å²) in [5.74, 6) is 2.48. The molecule has 1 heterocycles. The number of fused-ring (bicyclic) bond motifs is 1. The molecule has 0 aliphatic carbocycles. The first-order chi connectivity index (χ1) is 10.3. The number of aryl methyl sites for hydroxylation is 1. The summed E-state index contributed by atoms with van der Waals surface area (Å²) >= 11 is 0. The molecule has 0 spiro atoms. The Labute approximate surface area is 124 Å². The van der Waals surface area contributed by atoms with Crippen molar-refractivity contribution in [2.24, 2.45) is 0 Å². The zero-order valence-corrected chi connectivity index (χ0v) is 12.3. The Balaban J connectivity index is 1.74. The molecule has 0 amide bonds. The summed E-state index contributed by atoms with van der Waals surface area (Å²) in [5.41, 5.74) is 3.33. The third-order valence-corrected chi connectivity index (χ3v) is 3.44. The quantitative estimate of drug-likeness (QED) is 0.934. The first-order valence-electron chi connectivity index (χ1n) is 7.03. The summed E-state index contributed by atoms with van der Waals surface area (Å²) in [6, 6.07) is 12.1. The van der Waals surface area contributed by atoms with Crippen LogP contribution in [-0.2, 0) is 6.54 Å². The molecule has 0 radical (unpaired) electrons. The van der Waals surface area contributed by atoms with E-state index in [4.69, 9.17) is 14.2 Å².